The molecule has 1 aliphatic carbocycles. The summed E-state index contributed by atoms with van der Waals surface area (Å²) >= 11 is 1.61. The van der Waals surface area contributed by atoms with Gasteiger partial charge in [-0.05, 0) is 31.7 Å². The van der Waals surface area contributed by atoms with Crippen LogP contribution in [0.5, 0.6) is 5.88 Å². The van der Waals surface area contributed by atoms with Crippen molar-refractivity contribution >= 4 is 38.2 Å². The van der Waals surface area contributed by atoms with Gasteiger partial charge < -0.3 is 20.0 Å². The zero-order chi connectivity index (χ0) is 22.5. The van der Waals surface area contributed by atoms with Crippen LogP contribution in [-0.4, -0.2) is 38.1 Å². The molecule has 0 spiro atoms. The molecule has 0 bridgehead atoms. The molecule has 1 saturated carbocycles. The van der Waals surface area contributed by atoms with E-state index in [1.54, 1.807) is 24.6 Å². The third-order valence-corrected chi connectivity index (χ3v) is 7.38. The quantitative estimate of drug-likeness (QED) is 0.386. The number of nitrogens with zero attached hydrogens (tertiary/aromatic N) is 4. The van der Waals surface area contributed by atoms with Crippen LogP contribution in [-0.2, 0) is 0 Å². The number of furan rings is 1. The lowest BCUT2D eigenvalue weighted by Gasteiger charge is -2.25. The summed E-state index contributed by atoms with van der Waals surface area (Å²) in [5.41, 5.74) is 9.61. The second kappa shape index (κ2) is 7.86. The number of nitrogen functional groups attached to an aromatic ring is 1. The molecule has 0 atom stereocenters. The van der Waals surface area contributed by atoms with E-state index in [9.17, 15) is 5.11 Å². The molecular formula is C24H23N5O3S. The molecule has 9 heteroatoms. The monoisotopic (exact) mass is 461 g/mol. The Kier molecular flexibility index (Phi) is 4.81. The predicted molar refractivity (Wildman–Crippen MR) is 128 cm³/mol. The van der Waals surface area contributed by atoms with Gasteiger partial charge in [-0.1, -0.05) is 0 Å². The third-order valence-electron chi connectivity index (χ3n) is 6.45. The number of hydrogen-bond acceptors (Lipinski definition) is 8. The van der Waals surface area contributed by atoms with Crippen molar-refractivity contribution in [1.29, 1.82) is 0 Å². The van der Waals surface area contributed by atoms with E-state index in [-0.39, 0.29) is 6.10 Å². The van der Waals surface area contributed by atoms with Gasteiger partial charge in [0.05, 0.1) is 30.2 Å². The first-order valence-corrected chi connectivity index (χ1v) is 11.8. The van der Waals surface area contributed by atoms with Crippen molar-refractivity contribution in [3.05, 3.63) is 42.3 Å². The Bertz CT molecular complexity index is 1460. The standard InChI is InChI=1S/C24H23N5O3S/c1-31-22-7-16-19(12-33-21(16)10-26-22)20-6-17-18(9-27-24(25)23(17)32-20)13-8-28-29(11-13)14-2-4-15(30)5-3-14/h6-12,14-15,30H,2-5H2,1H3,(H2,25,27). The topological polar surface area (TPSA) is 112 Å². The van der Waals surface area contributed by atoms with Crippen molar-refractivity contribution in [2.45, 2.75) is 37.8 Å². The van der Waals surface area contributed by atoms with Gasteiger partial charge in [0.2, 0.25) is 5.88 Å². The van der Waals surface area contributed by atoms with Crippen molar-refractivity contribution in [3.8, 4) is 28.3 Å². The molecule has 0 saturated heterocycles. The summed E-state index contributed by atoms with van der Waals surface area (Å²) < 4.78 is 14.6. The minimum Gasteiger partial charge on any atom is -0.481 e. The summed E-state index contributed by atoms with van der Waals surface area (Å²) in [4.78, 5) is 8.68. The van der Waals surface area contributed by atoms with Crippen LogP contribution in [0.3, 0.4) is 0 Å². The minimum absolute atomic E-state index is 0.189. The second-order valence-corrected chi connectivity index (χ2v) is 9.37. The summed E-state index contributed by atoms with van der Waals surface area (Å²) in [6.07, 6.45) is 10.8. The van der Waals surface area contributed by atoms with Crippen LogP contribution in [0, 0.1) is 0 Å². The Labute approximate surface area is 193 Å². The average Bonchev–Trinajstić information content (AvgIpc) is 3.57. The van der Waals surface area contributed by atoms with Crippen molar-refractivity contribution in [3.63, 3.8) is 0 Å². The summed E-state index contributed by atoms with van der Waals surface area (Å²) in [6.45, 7) is 0. The van der Waals surface area contributed by atoms with Crippen LogP contribution < -0.4 is 10.5 Å². The Hall–Kier alpha value is -3.43. The lowest BCUT2D eigenvalue weighted by atomic mass is 9.93. The number of anilines is 1. The van der Waals surface area contributed by atoms with E-state index in [2.05, 4.69) is 26.6 Å². The predicted octanol–water partition coefficient (Wildman–Crippen LogP) is 5.03. The van der Waals surface area contributed by atoms with Crippen LogP contribution in [0.2, 0.25) is 0 Å². The fourth-order valence-corrected chi connectivity index (χ4v) is 5.52. The fourth-order valence-electron chi connectivity index (χ4n) is 4.62. The summed E-state index contributed by atoms with van der Waals surface area (Å²) in [5, 5.41) is 18.4. The van der Waals surface area contributed by atoms with E-state index in [0.29, 0.717) is 23.3 Å². The lowest BCUT2D eigenvalue weighted by molar-refractivity contribution is 0.108. The molecule has 5 heterocycles. The average molecular weight is 462 g/mol. The normalized spacial score (nSPS) is 18.8. The van der Waals surface area contributed by atoms with Gasteiger partial charge in [-0.25, -0.2) is 9.97 Å². The lowest BCUT2D eigenvalue weighted by Crippen LogP contribution is -2.21. The smallest absolute Gasteiger partial charge is 0.213 e. The molecular weight excluding hydrogens is 438 g/mol. The van der Waals surface area contributed by atoms with Gasteiger partial charge in [-0.2, -0.15) is 5.10 Å². The molecule has 0 amide bonds. The number of methoxy groups -OCH3 is 1. The maximum absolute atomic E-state index is 9.81. The van der Waals surface area contributed by atoms with Crippen LogP contribution in [0.15, 0.2) is 46.7 Å². The Balaban J connectivity index is 1.43. The number of aliphatic hydroxyl groups is 1. The summed E-state index contributed by atoms with van der Waals surface area (Å²) in [5.74, 6) is 1.63. The van der Waals surface area contributed by atoms with Gasteiger partial charge in [0, 0.05) is 57.5 Å². The van der Waals surface area contributed by atoms with Crippen LogP contribution in [0.4, 0.5) is 5.82 Å². The molecule has 33 heavy (non-hydrogen) atoms. The number of rotatable bonds is 4. The molecule has 168 valence electrons. The van der Waals surface area contributed by atoms with E-state index in [4.69, 9.17) is 14.9 Å². The van der Waals surface area contributed by atoms with E-state index in [1.165, 1.54) is 0 Å². The maximum Gasteiger partial charge on any atom is 0.213 e. The zero-order valence-electron chi connectivity index (χ0n) is 18.1. The number of aromatic nitrogens is 4. The number of ether oxygens (including phenoxy) is 1. The Morgan fingerprint density at radius 1 is 1.09 bits per heavy atom. The highest BCUT2D eigenvalue weighted by molar-refractivity contribution is 7.17. The van der Waals surface area contributed by atoms with Crippen LogP contribution >= 0.6 is 11.3 Å². The number of nitrogens with two attached hydrogens (primary N) is 1. The largest absolute Gasteiger partial charge is 0.481 e. The summed E-state index contributed by atoms with van der Waals surface area (Å²) in [6, 6.07) is 4.24. The van der Waals surface area contributed by atoms with Gasteiger partial charge in [0.25, 0.3) is 0 Å². The number of fused-ring (bicyclic) bond motifs is 2. The first kappa shape index (κ1) is 20.2. The fraction of sp³-hybridized carbons (Fsp3) is 0.292. The molecule has 6 rings (SSSR count). The van der Waals surface area contributed by atoms with Gasteiger partial charge >= 0.3 is 0 Å². The molecule has 5 aromatic rings. The van der Waals surface area contributed by atoms with Gasteiger partial charge in [-0.3, -0.25) is 4.68 Å². The highest BCUT2D eigenvalue weighted by Crippen LogP contribution is 2.41. The second-order valence-electron chi connectivity index (χ2n) is 8.45. The molecule has 0 unspecified atom stereocenters. The maximum atomic E-state index is 9.81. The van der Waals surface area contributed by atoms with Crippen molar-refractivity contribution < 1.29 is 14.3 Å². The number of thiophene rings is 1. The van der Waals surface area contributed by atoms with E-state index in [1.807, 2.05) is 29.2 Å². The zero-order valence-corrected chi connectivity index (χ0v) is 18.9. The number of aliphatic hydroxyl groups excluding tert-OH is 1. The third kappa shape index (κ3) is 3.44. The molecule has 1 fully saturated rings. The Morgan fingerprint density at radius 2 is 1.94 bits per heavy atom. The van der Waals surface area contributed by atoms with E-state index >= 15 is 0 Å². The molecule has 0 aromatic carbocycles. The number of hydrogen-bond donors (Lipinski definition) is 2. The van der Waals surface area contributed by atoms with Gasteiger partial charge in [0.15, 0.2) is 11.4 Å². The first-order valence-electron chi connectivity index (χ1n) is 10.9. The van der Waals surface area contributed by atoms with Crippen molar-refractivity contribution in [2.75, 3.05) is 12.8 Å². The van der Waals surface area contributed by atoms with Crippen LogP contribution in [0.1, 0.15) is 31.7 Å². The van der Waals surface area contributed by atoms with Crippen molar-refractivity contribution in [1.82, 2.24) is 19.7 Å². The summed E-state index contributed by atoms with van der Waals surface area (Å²) in [7, 11) is 1.61. The molecule has 1 aliphatic rings. The van der Waals surface area contributed by atoms with Gasteiger partial charge in [0.1, 0.15) is 5.76 Å². The Morgan fingerprint density at radius 3 is 2.76 bits per heavy atom. The highest BCUT2D eigenvalue weighted by Gasteiger charge is 2.23. The molecule has 5 aromatic heterocycles. The number of pyridine rings is 2. The van der Waals surface area contributed by atoms with Crippen molar-refractivity contribution in [2.24, 2.45) is 0 Å². The SMILES string of the molecule is COc1cc2c(-c3cc4c(-c5cnn(C6CCC(O)CC6)c5)cnc(N)c4o3)csc2cn1. The van der Waals surface area contributed by atoms with E-state index in [0.717, 1.165) is 63.6 Å². The van der Waals surface area contributed by atoms with Gasteiger partial charge in [-0.15, -0.1) is 11.3 Å². The highest BCUT2D eigenvalue weighted by atomic mass is 32.1. The molecule has 8 nitrogen and oxygen atoms in total. The van der Waals surface area contributed by atoms with E-state index < -0.39 is 0 Å². The first-order chi connectivity index (χ1) is 16.1. The molecule has 0 aliphatic heterocycles. The molecule has 3 N–H and O–H groups in total. The minimum atomic E-state index is -0.189. The molecule has 0 radical (unpaired) electrons. The van der Waals surface area contributed by atoms with Crippen LogP contribution in [0.25, 0.3) is 43.5 Å².